The summed E-state index contributed by atoms with van der Waals surface area (Å²) >= 11 is 3.50. The molecule has 0 aliphatic heterocycles. The van der Waals surface area contributed by atoms with Gasteiger partial charge in [0, 0.05) is 32.3 Å². The first-order valence-corrected chi connectivity index (χ1v) is 11.9. The quantitative estimate of drug-likeness (QED) is 0.290. The zero-order chi connectivity index (χ0) is 24.8. The summed E-state index contributed by atoms with van der Waals surface area (Å²) in [7, 11) is 0. The van der Waals surface area contributed by atoms with E-state index < -0.39 is 11.8 Å². The summed E-state index contributed by atoms with van der Waals surface area (Å²) in [5.74, 6) is -0.155. The molecule has 1 N–H and O–H groups in total. The third-order valence-electron chi connectivity index (χ3n) is 5.16. The molecule has 3 aromatic carbocycles. The molecule has 34 heavy (non-hydrogen) atoms. The molecule has 0 unspecified atom stereocenters. The predicted octanol–water partition coefficient (Wildman–Crippen LogP) is 6.88. The van der Waals surface area contributed by atoms with Crippen LogP contribution in [0, 0.1) is 0 Å². The summed E-state index contributed by atoms with van der Waals surface area (Å²) in [6, 6.07) is 14.6. The van der Waals surface area contributed by atoms with E-state index in [1.54, 1.807) is 12.1 Å². The molecule has 0 radical (unpaired) electrons. The summed E-state index contributed by atoms with van der Waals surface area (Å²) in [4.78, 5) is 25.5. The van der Waals surface area contributed by atoms with Crippen LogP contribution in [0.2, 0.25) is 0 Å². The number of carboxylic acid groups (broad SMARTS) is 1. The van der Waals surface area contributed by atoms with Crippen LogP contribution < -0.4 is 14.2 Å². The number of carbonyl (C=O) groups is 2. The number of ketones is 1. The molecule has 0 saturated carbocycles. The number of aromatic carboxylic acids is 1. The smallest absolute Gasteiger partial charge is 0.337 e. The monoisotopic (exact) mass is 526 g/mol. The first kappa shape index (κ1) is 25.3. The van der Waals surface area contributed by atoms with Gasteiger partial charge in [-0.15, -0.1) is 0 Å². The van der Waals surface area contributed by atoms with Crippen molar-refractivity contribution in [3.8, 4) is 39.5 Å². The Kier molecular flexibility index (Phi) is 8.34. The Morgan fingerprint density at radius 1 is 0.765 bits per heavy atom. The lowest BCUT2D eigenvalue weighted by Gasteiger charge is -2.24. The van der Waals surface area contributed by atoms with E-state index in [4.69, 9.17) is 14.2 Å². The topological polar surface area (TPSA) is 82.1 Å². The Labute approximate surface area is 207 Å². The Morgan fingerprint density at radius 2 is 1.24 bits per heavy atom. The molecule has 3 rings (SSSR count). The molecule has 0 spiro atoms. The molecular weight excluding hydrogens is 500 g/mol. The van der Waals surface area contributed by atoms with Crippen LogP contribution in [0.15, 0.2) is 53.0 Å². The van der Waals surface area contributed by atoms with Gasteiger partial charge in [-0.05, 0) is 55.8 Å². The average molecular weight is 527 g/mol. The van der Waals surface area contributed by atoms with Crippen molar-refractivity contribution in [2.75, 3.05) is 19.8 Å². The van der Waals surface area contributed by atoms with Crippen molar-refractivity contribution in [1.29, 1.82) is 0 Å². The van der Waals surface area contributed by atoms with Gasteiger partial charge in [0.15, 0.2) is 5.78 Å². The van der Waals surface area contributed by atoms with E-state index >= 15 is 0 Å². The third kappa shape index (κ3) is 4.80. The van der Waals surface area contributed by atoms with Gasteiger partial charge in [-0.1, -0.05) is 36.4 Å². The van der Waals surface area contributed by atoms with Crippen molar-refractivity contribution in [2.45, 2.75) is 27.7 Å². The molecule has 0 aromatic heterocycles. The number of benzene rings is 3. The van der Waals surface area contributed by atoms with Crippen LogP contribution >= 0.6 is 15.9 Å². The van der Waals surface area contributed by atoms with Gasteiger partial charge in [0.05, 0.1) is 25.4 Å². The molecule has 178 valence electrons. The fourth-order valence-electron chi connectivity index (χ4n) is 3.95. The third-order valence-corrected chi connectivity index (χ3v) is 5.95. The minimum Gasteiger partial charge on any atom is -0.493 e. The molecule has 0 saturated heterocycles. The predicted molar refractivity (Wildman–Crippen MR) is 135 cm³/mol. The van der Waals surface area contributed by atoms with E-state index in [0.29, 0.717) is 59.3 Å². The van der Waals surface area contributed by atoms with Crippen LogP contribution in [-0.2, 0) is 0 Å². The lowest BCUT2D eigenvalue weighted by Crippen LogP contribution is -2.13. The highest BCUT2D eigenvalue weighted by molar-refractivity contribution is 9.10. The molecule has 0 atom stereocenters. The van der Waals surface area contributed by atoms with E-state index in [1.807, 2.05) is 57.2 Å². The highest BCUT2D eigenvalue weighted by Gasteiger charge is 2.32. The second-order valence-corrected chi connectivity index (χ2v) is 8.09. The van der Waals surface area contributed by atoms with Crippen molar-refractivity contribution in [2.24, 2.45) is 0 Å². The Hall–Kier alpha value is -3.32. The van der Waals surface area contributed by atoms with Crippen LogP contribution in [0.3, 0.4) is 0 Å². The number of carbonyl (C=O) groups excluding carboxylic acids is 1. The highest BCUT2D eigenvalue weighted by Crippen LogP contribution is 2.52. The summed E-state index contributed by atoms with van der Waals surface area (Å²) in [5, 5.41) is 10.2. The van der Waals surface area contributed by atoms with Gasteiger partial charge in [-0.25, -0.2) is 4.79 Å². The maximum Gasteiger partial charge on any atom is 0.337 e. The van der Waals surface area contributed by atoms with E-state index in [1.165, 1.54) is 6.92 Å². The fraction of sp³-hybridized carbons (Fsp3) is 0.259. The van der Waals surface area contributed by atoms with E-state index in [-0.39, 0.29) is 15.6 Å². The number of carboxylic acids is 1. The Morgan fingerprint density at radius 3 is 1.68 bits per heavy atom. The second kappa shape index (κ2) is 11.2. The summed E-state index contributed by atoms with van der Waals surface area (Å²) in [6.45, 7) is 8.05. The minimum absolute atomic E-state index is 0.0487. The van der Waals surface area contributed by atoms with Crippen molar-refractivity contribution >= 4 is 27.7 Å². The Balaban J connectivity index is 2.60. The number of hydrogen-bond donors (Lipinski definition) is 1. The first-order chi connectivity index (χ1) is 16.4. The van der Waals surface area contributed by atoms with Crippen molar-refractivity contribution < 1.29 is 28.9 Å². The van der Waals surface area contributed by atoms with Crippen LogP contribution in [-0.4, -0.2) is 36.7 Å². The van der Waals surface area contributed by atoms with Crippen molar-refractivity contribution in [3.63, 3.8) is 0 Å². The molecule has 0 aliphatic carbocycles. The van der Waals surface area contributed by atoms with Gasteiger partial charge in [0.1, 0.15) is 17.2 Å². The lowest BCUT2D eigenvalue weighted by molar-refractivity contribution is 0.0691. The summed E-state index contributed by atoms with van der Waals surface area (Å²) < 4.78 is 18.1. The zero-order valence-corrected chi connectivity index (χ0v) is 21.2. The Bertz CT molecular complexity index is 1220. The van der Waals surface area contributed by atoms with Gasteiger partial charge in [0.25, 0.3) is 0 Å². The molecule has 0 bridgehead atoms. The SMILES string of the molecule is CCOc1ccccc1-c1c(Br)c(C(=O)O)c(C(C)=O)c(-c2ccccc2OCC)c1OCC. The average Bonchev–Trinajstić information content (AvgIpc) is 2.80. The largest absolute Gasteiger partial charge is 0.493 e. The van der Waals surface area contributed by atoms with Gasteiger partial charge in [-0.3, -0.25) is 4.79 Å². The number of ether oxygens (including phenoxy) is 3. The number of Topliss-reactive ketones (excluding diaryl/α,β-unsaturated/α-hetero) is 1. The van der Waals surface area contributed by atoms with Gasteiger partial charge < -0.3 is 19.3 Å². The normalized spacial score (nSPS) is 10.6. The number of para-hydroxylation sites is 2. The first-order valence-electron chi connectivity index (χ1n) is 11.1. The number of hydrogen-bond acceptors (Lipinski definition) is 5. The molecule has 7 heteroatoms. The molecule has 0 fully saturated rings. The van der Waals surface area contributed by atoms with Crippen molar-refractivity contribution in [1.82, 2.24) is 0 Å². The standard InChI is InChI=1S/C27H27BrO6/c1-5-32-19-14-10-8-12-17(19)22-21(16(4)29)24(27(30)31)25(28)23(26(22)34-7-3)18-13-9-11-15-20(18)33-6-2/h8-15H,5-7H2,1-4H3,(H,30,31). The van der Waals surface area contributed by atoms with Gasteiger partial charge in [-0.2, -0.15) is 0 Å². The summed E-state index contributed by atoms with van der Waals surface area (Å²) in [6.07, 6.45) is 0. The second-order valence-electron chi connectivity index (χ2n) is 7.30. The maximum absolute atomic E-state index is 13.0. The molecule has 3 aromatic rings. The van der Waals surface area contributed by atoms with E-state index in [0.717, 1.165) is 0 Å². The molecule has 0 amide bonds. The maximum atomic E-state index is 13.0. The van der Waals surface area contributed by atoms with E-state index in [9.17, 15) is 14.7 Å². The van der Waals surface area contributed by atoms with Crippen LogP contribution in [0.5, 0.6) is 17.2 Å². The van der Waals surface area contributed by atoms with E-state index in [2.05, 4.69) is 15.9 Å². The van der Waals surface area contributed by atoms with Crippen molar-refractivity contribution in [3.05, 3.63) is 64.1 Å². The zero-order valence-electron chi connectivity index (χ0n) is 19.6. The van der Waals surface area contributed by atoms with Crippen LogP contribution in [0.4, 0.5) is 0 Å². The van der Waals surface area contributed by atoms with Gasteiger partial charge in [0.2, 0.25) is 0 Å². The number of halogens is 1. The molecule has 6 nitrogen and oxygen atoms in total. The van der Waals surface area contributed by atoms with Crippen LogP contribution in [0.1, 0.15) is 48.4 Å². The lowest BCUT2D eigenvalue weighted by atomic mass is 9.87. The van der Waals surface area contributed by atoms with Crippen LogP contribution in [0.25, 0.3) is 22.3 Å². The highest BCUT2D eigenvalue weighted by atomic mass is 79.9. The van der Waals surface area contributed by atoms with Gasteiger partial charge >= 0.3 is 5.97 Å². The molecule has 0 aliphatic rings. The molecular formula is C27H27BrO6. The summed E-state index contributed by atoms with van der Waals surface area (Å²) in [5.41, 5.74) is 2.00. The minimum atomic E-state index is -1.23. The molecule has 0 heterocycles. The fourth-order valence-corrected chi connectivity index (χ4v) is 4.71. The number of rotatable bonds is 10.